The summed E-state index contributed by atoms with van der Waals surface area (Å²) in [5.74, 6) is 0. The normalized spacial score (nSPS) is 12.0. The Labute approximate surface area is 55.9 Å². The maximum atomic E-state index is 11.8. The fourth-order valence-corrected chi connectivity index (χ4v) is 0.669. The van der Waals surface area contributed by atoms with Crippen molar-refractivity contribution in [3.63, 3.8) is 0 Å². The van der Waals surface area contributed by atoms with Crippen molar-refractivity contribution in [2.24, 2.45) is 0 Å². The Hall–Kier alpha value is -0.930. The molecule has 0 aliphatic heterocycles. The monoisotopic (exact) mass is 149 g/mol. The average molecular weight is 149 g/mol. The van der Waals surface area contributed by atoms with Crippen LogP contribution in [0.3, 0.4) is 0 Å². The van der Waals surface area contributed by atoms with Crippen LogP contribution in [0.1, 0.15) is 11.4 Å². The number of H-pyrrole nitrogens is 1. The third-order valence-corrected chi connectivity index (χ3v) is 1.14. The third-order valence-electron chi connectivity index (χ3n) is 1.14. The lowest BCUT2D eigenvalue weighted by atomic mass is 10.4. The molecule has 10 heavy (non-hydrogen) atoms. The van der Waals surface area contributed by atoms with Crippen LogP contribution in [-0.4, -0.2) is 4.98 Å². The number of nitrogens with one attached hydrogen (secondary N) is 1. The first-order chi connectivity index (χ1) is 4.50. The Morgan fingerprint density at radius 3 is 2.10 bits per heavy atom. The lowest BCUT2D eigenvalue weighted by molar-refractivity contribution is -0.140. The molecule has 0 saturated heterocycles. The minimum Gasteiger partial charge on any atom is -0.355 e. The summed E-state index contributed by atoms with van der Waals surface area (Å²) in [6, 6.07) is 2.41. The zero-order valence-electron chi connectivity index (χ0n) is 5.29. The lowest BCUT2D eigenvalue weighted by Gasteiger charge is -2.01. The predicted octanol–water partition coefficient (Wildman–Crippen LogP) is 2.34. The molecule has 0 spiro atoms. The Kier molecular flexibility index (Phi) is 1.46. The summed E-state index contributed by atoms with van der Waals surface area (Å²) in [6.07, 6.45) is -4.24. The molecular formula is C6H6F3N. The smallest absolute Gasteiger partial charge is 0.355 e. The maximum absolute atomic E-state index is 11.8. The second-order valence-electron chi connectivity index (χ2n) is 2.05. The van der Waals surface area contributed by atoms with Gasteiger partial charge in [-0.15, -0.1) is 0 Å². The highest BCUT2D eigenvalue weighted by Crippen LogP contribution is 2.27. The minimum atomic E-state index is -4.24. The van der Waals surface area contributed by atoms with Crippen molar-refractivity contribution >= 4 is 0 Å². The standard InChI is InChI=1S/C6H6F3N/c1-4-2-3-5(10-4)6(7,8)9/h2-3,10H,1H3. The van der Waals surface area contributed by atoms with E-state index >= 15 is 0 Å². The molecule has 0 amide bonds. The molecule has 1 nitrogen and oxygen atoms in total. The minimum absolute atomic E-state index is 0.521. The zero-order chi connectivity index (χ0) is 7.78. The molecule has 0 saturated carbocycles. The molecule has 1 aromatic heterocycles. The van der Waals surface area contributed by atoms with Crippen molar-refractivity contribution in [1.29, 1.82) is 0 Å². The van der Waals surface area contributed by atoms with Crippen LogP contribution in [0.15, 0.2) is 12.1 Å². The molecule has 1 N–H and O–H groups in total. The van der Waals surface area contributed by atoms with E-state index in [1.54, 1.807) is 6.92 Å². The molecule has 0 bridgehead atoms. The van der Waals surface area contributed by atoms with E-state index in [-0.39, 0.29) is 0 Å². The molecule has 0 aliphatic rings. The van der Waals surface area contributed by atoms with E-state index in [0.29, 0.717) is 5.69 Å². The van der Waals surface area contributed by atoms with Crippen LogP contribution >= 0.6 is 0 Å². The molecule has 0 atom stereocenters. The van der Waals surface area contributed by atoms with Crippen LogP contribution in [0.5, 0.6) is 0 Å². The fourth-order valence-electron chi connectivity index (χ4n) is 0.669. The first kappa shape index (κ1) is 7.18. The Morgan fingerprint density at radius 1 is 1.30 bits per heavy atom. The fraction of sp³-hybridized carbons (Fsp3) is 0.333. The van der Waals surface area contributed by atoms with E-state index in [1.165, 1.54) is 6.07 Å². The van der Waals surface area contributed by atoms with E-state index in [9.17, 15) is 13.2 Å². The molecule has 1 aromatic rings. The number of alkyl halides is 3. The molecule has 4 heteroatoms. The average Bonchev–Trinajstić information content (AvgIpc) is 2.11. The van der Waals surface area contributed by atoms with Gasteiger partial charge in [0.15, 0.2) is 0 Å². The van der Waals surface area contributed by atoms with Crippen LogP contribution in [0, 0.1) is 6.92 Å². The van der Waals surface area contributed by atoms with Gasteiger partial charge in [0.2, 0.25) is 0 Å². The summed E-state index contributed by atoms with van der Waals surface area (Å²) < 4.78 is 35.3. The van der Waals surface area contributed by atoms with E-state index in [4.69, 9.17) is 0 Å². The number of aromatic amines is 1. The van der Waals surface area contributed by atoms with Gasteiger partial charge in [0.25, 0.3) is 0 Å². The Balaban J connectivity index is 2.96. The number of rotatable bonds is 0. The molecule has 0 aliphatic carbocycles. The summed E-state index contributed by atoms with van der Waals surface area (Å²) in [7, 11) is 0. The quantitative estimate of drug-likeness (QED) is 0.582. The van der Waals surface area contributed by atoms with E-state index in [1.807, 2.05) is 0 Å². The topological polar surface area (TPSA) is 15.8 Å². The van der Waals surface area contributed by atoms with E-state index < -0.39 is 11.9 Å². The van der Waals surface area contributed by atoms with Crippen molar-refractivity contribution in [1.82, 2.24) is 4.98 Å². The molecule has 0 aromatic carbocycles. The van der Waals surface area contributed by atoms with Crippen LogP contribution in [0.4, 0.5) is 13.2 Å². The second-order valence-corrected chi connectivity index (χ2v) is 2.05. The zero-order valence-corrected chi connectivity index (χ0v) is 5.29. The first-order valence-electron chi connectivity index (χ1n) is 2.73. The van der Waals surface area contributed by atoms with Crippen LogP contribution < -0.4 is 0 Å². The van der Waals surface area contributed by atoms with Gasteiger partial charge in [-0.25, -0.2) is 0 Å². The van der Waals surface area contributed by atoms with Gasteiger partial charge in [-0.2, -0.15) is 13.2 Å². The van der Waals surface area contributed by atoms with Crippen molar-refractivity contribution in [3.8, 4) is 0 Å². The van der Waals surface area contributed by atoms with Gasteiger partial charge in [-0.05, 0) is 19.1 Å². The molecule has 0 radical (unpaired) electrons. The number of aryl methyl sites for hydroxylation is 1. The van der Waals surface area contributed by atoms with Crippen molar-refractivity contribution in [3.05, 3.63) is 23.5 Å². The largest absolute Gasteiger partial charge is 0.431 e. The molecule has 1 heterocycles. The number of hydrogen-bond acceptors (Lipinski definition) is 0. The molecule has 0 fully saturated rings. The number of hydrogen-bond donors (Lipinski definition) is 1. The lowest BCUT2D eigenvalue weighted by Crippen LogP contribution is -2.04. The highest BCUT2D eigenvalue weighted by atomic mass is 19.4. The second kappa shape index (κ2) is 2.04. The molecule has 56 valence electrons. The predicted molar refractivity (Wildman–Crippen MR) is 30.5 cm³/mol. The van der Waals surface area contributed by atoms with Gasteiger partial charge in [0.1, 0.15) is 5.69 Å². The molecule has 1 rings (SSSR count). The number of aromatic nitrogens is 1. The highest BCUT2D eigenvalue weighted by Gasteiger charge is 2.31. The Bertz CT molecular complexity index is 223. The molecular weight excluding hydrogens is 143 g/mol. The third kappa shape index (κ3) is 1.32. The van der Waals surface area contributed by atoms with Gasteiger partial charge in [-0.1, -0.05) is 0 Å². The number of halogens is 3. The Morgan fingerprint density at radius 2 is 1.90 bits per heavy atom. The summed E-state index contributed by atoms with van der Waals surface area (Å²) in [5.41, 5.74) is -0.169. The van der Waals surface area contributed by atoms with Gasteiger partial charge in [0.05, 0.1) is 0 Å². The maximum Gasteiger partial charge on any atom is 0.431 e. The van der Waals surface area contributed by atoms with Gasteiger partial charge in [-0.3, -0.25) is 0 Å². The van der Waals surface area contributed by atoms with Gasteiger partial charge < -0.3 is 4.98 Å². The highest BCUT2D eigenvalue weighted by molar-refractivity contribution is 5.13. The summed E-state index contributed by atoms with van der Waals surface area (Å²) in [4.78, 5) is 2.19. The van der Waals surface area contributed by atoms with E-state index in [0.717, 1.165) is 6.07 Å². The molecule has 0 unspecified atom stereocenters. The van der Waals surface area contributed by atoms with Gasteiger partial charge in [0, 0.05) is 5.69 Å². The summed E-state index contributed by atoms with van der Waals surface area (Å²) >= 11 is 0. The van der Waals surface area contributed by atoms with Crippen LogP contribution in [0.25, 0.3) is 0 Å². The summed E-state index contributed by atoms with van der Waals surface area (Å²) in [6.45, 7) is 1.58. The van der Waals surface area contributed by atoms with Crippen LogP contribution in [-0.2, 0) is 6.18 Å². The SMILES string of the molecule is Cc1ccc(C(F)(F)F)[nH]1. The van der Waals surface area contributed by atoms with E-state index in [2.05, 4.69) is 4.98 Å². The van der Waals surface area contributed by atoms with Crippen molar-refractivity contribution in [2.75, 3.05) is 0 Å². The van der Waals surface area contributed by atoms with Gasteiger partial charge >= 0.3 is 6.18 Å². The first-order valence-corrected chi connectivity index (χ1v) is 2.73. The van der Waals surface area contributed by atoms with Crippen molar-refractivity contribution in [2.45, 2.75) is 13.1 Å². The van der Waals surface area contributed by atoms with Crippen LogP contribution in [0.2, 0.25) is 0 Å². The summed E-state index contributed by atoms with van der Waals surface area (Å²) in [5, 5.41) is 0. The van der Waals surface area contributed by atoms with Crippen molar-refractivity contribution < 1.29 is 13.2 Å².